The molecule has 4 heteroatoms. The van der Waals surface area contributed by atoms with Crippen molar-refractivity contribution >= 4 is 11.6 Å². The summed E-state index contributed by atoms with van der Waals surface area (Å²) >= 11 is 6.09. The summed E-state index contributed by atoms with van der Waals surface area (Å²) in [6.45, 7) is 6.04. The fourth-order valence-corrected chi connectivity index (χ4v) is 1.90. The number of rotatable bonds is 4. The van der Waals surface area contributed by atoms with Crippen molar-refractivity contribution < 1.29 is 9.47 Å². The minimum Gasteiger partial charge on any atom is -0.454 e. The Morgan fingerprint density at radius 1 is 1.41 bits per heavy atom. The lowest BCUT2D eigenvalue weighted by Gasteiger charge is -2.05. The number of ether oxygens (including phenoxy) is 2. The van der Waals surface area contributed by atoms with Gasteiger partial charge in [-0.15, -0.1) is 0 Å². The van der Waals surface area contributed by atoms with Gasteiger partial charge < -0.3 is 14.8 Å². The third-order valence-electron chi connectivity index (χ3n) is 2.47. The molecule has 1 aliphatic rings. The van der Waals surface area contributed by atoms with E-state index in [9.17, 15) is 0 Å². The zero-order valence-electron chi connectivity index (χ0n) is 10.0. The Kier molecular flexibility index (Phi) is 3.92. The highest BCUT2D eigenvalue weighted by molar-refractivity contribution is 6.32. The second-order valence-electron chi connectivity index (χ2n) is 4.22. The maximum atomic E-state index is 6.09. The molecular formula is C13H16ClNO2. The molecule has 0 fully saturated rings. The van der Waals surface area contributed by atoms with E-state index in [0.717, 1.165) is 24.4 Å². The largest absolute Gasteiger partial charge is 0.454 e. The number of hydrogen-bond acceptors (Lipinski definition) is 3. The molecule has 1 aliphatic heterocycles. The van der Waals surface area contributed by atoms with Crippen molar-refractivity contribution in [3.05, 3.63) is 34.4 Å². The van der Waals surface area contributed by atoms with E-state index in [1.165, 1.54) is 5.57 Å². The molecule has 17 heavy (non-hydrogen) atoms. The van der Waals surface area contributed by atoms with Gasteiger partial charge in [0.05, 0.1) is 5.02 Å². The number of hydrogen-bond donors (Lipinski definition) is 1. The zero-order chi connectivity index (χ0) is 12.3. The van der Waals surface area contributed by atoms with Crippen molar-refractivity contribution in [2.24, 2.45) is 0 Å². The standard InChI is InChI=1S/C13H16ClNO2/c1-9(2)3-4-15-7-10-5-11(14)13-12(6-10)16-8-17-13/h3,5-6,15H,4,7-8H2,1-2H3. The van der Waals surface area contributed by atoms with Crippen LogP contribution < -0.4 is 14.8 Å². The number of fused-ring (bicyclic) bond motifs is 1. The number of benzene rings is 1. The van der Waals surface area contributed by atoms with Crippen LogP contribution in [0.1, 0.15) is 19.4 Å². The van der Waals surface area contributed by atoms with Gasteiger partial charge in [0.25, 0.3) is 0 Å². The number of halogens is 1. The summed E-state index contributed by atoms with van der Waals surface area (Å²) in [6.07, 6.45) is 2.15. The third kappa shape index (κ3) is 3.14. The topological polar surface area (TPSA) is 30.5 Å². The molecule has 0 saturated carbocycles. The van der Waals surface area contributed by atoms with Crippen LogP contribution >= 0.6 is 11.6 Å². The molecule has 0 aliphatic carbocycles. The molecule has 0 aromatic heterocycles. The molecular weight excluding hydrogens is 238 g/mol. The maximum Gasteiger partial charge on any atom is 0.231 e. The third-order valence-corrected chi connectivity index (χ3v) is 2.75. The predicted octanol–water partition coefficient (Wildman–Crippen LogP) is 3.12. The van der Waals surface area contributed by atoms with E-state index >= 15 is 0 Å². The van der Waals surface area contributed by atoms with Gasteiger partial charge in [-0.3, -0.25) is 0 Å². The molecule has 0 saturated heterocycles. The van der Waals surface area contributed by atoms with Crippen LogP contribution in [0, 0.1) is 0 Å². The van der Waals surface area contributed by atoms with Crippen LogP contribution in [0.25, 0.3) is 0 Å². The van der Waals surface area contributed by atoms with Crippen LogP contribution in [-0.4, -0.2) is 13.3 Å². The second-order valence-corrected chi connectivity index (χ2v) is 4.63. The first-order valence-corrected chi connectivity index (χ1v) is 5.96. The summed E-state index contributed by atoms with van der Waals surface area (Å²) < 4.78 is 10.6. The summed E-state index contributed by atoms with van der Waals surface area (Å²) in [4.78, 5) is 0. The Morgan fingerprint density at radius 3 is 3.00 bits per heavy atom. The fourth-order valence-electron chi connectivity index (χ4n) is 1.62. The highest BCUT2D eigenvalue weighted by Crippen LogP contribution is 2.39. The molecule has 0 bridgehead atoms. The van der Waals surface area contributed by atoms with E-state index in [0.29, 0.717) is 10.8 Å². The molecule has 3 nitrogen and oxygen atoms in total. The molecule has 2 rings (SSSR count). The van der Waals surface area contributed by atoms with E-state index in [2.05, 4.69) is 25.2 Å². The van der Waals surface area contributed by atoms with Gasteiger partial charge >= 0.3 is 0 Å². The van der Waals surface area contributed by atoms with Crippen molar-refractivity contribution in [2.45, 2.75) is 20.4 Å². The number of nitrogens with one attached hydrogen (secondary N) is 1. The van der Waals surface area contributed by atoms with Gasteiger partial charge in [0, 0.05) is 13.1 Å². The first-order chi connectivity index (χ1) is 8.16. The Morgan fingerprint density at radius 2 is 2.24 bits per heavy atom. The fraction of sp³-hybridized carbons (Fsp3) is 0.385. The molecule has 1 N–H and O–H groups in total. The van der Waals surface area contributed by atoms with Crippen LogP contribution in [-0.2, 0) is 6.54 Å². The van der Waals surface area contributed by atoms with Gasteiger partial charge in [0.15, 0.2) is 11.5 Å². The molecule has 0 atom stereocenters. The van der Waals surface area contributed by atoms with E-state index in [4.69, 9.17) is 21.1 Å². The maximum absolute atomic E-state index is 6.09. The van der Waals surface area contributed by atoms with Gasteiger partial charge in [0.1, 0.15) is 0 Å². The molecule has 1 heterocycles. The van der Waals surface area contributed by atoms with Crippen LogP contribution in [0.5, 0.6) is 11.5 Å². The lowest BCUT2D eigenvalue weighted by molar-refractivity contribution is 0.174. The Balaban J connectivity index is 1.98. The van der Waals surface area contributed by atoms with Crippen molar-refractivity contribution in [3.63, 3.8) is 0 Å². The first kappa shape index (κ1) is 12.3. The lowest BCUT2D eigenvalue weighted by Crippen LogP contribution is -2.13. The highest BCUT2D eigenvalue weighted by Gasteiger charge is 2.17. The van der Waals surface area contributed by atoms with E-state index in [1.54, 1.807) is 0 Å². The zero-order valence-corrected chi connectivity index (χ0v) is 10.8. The second kappa shape index (κ2) is 5.43. The number of allylic oxidation sites excluding steroid dienone is 1. The quantitative estimate of drug-likeness (QED) is 0.661. The van der Waals surface area contributed by atoms with Crippen LogP contribution in [0.4, 0.5) is 0 Å². The van der Waals surface area contributed by atoms with Crippen LogP contribution in [0.3, 0.4) is 0 Å². The van der Waals surface area contributed by atoms with Gasteiger partial charge in [0.2, 0.25) is 6.79 Å². The summed E-state index contributed by atoms with van der Waals surface area (Å²) in [5.41, 5.74) is 2.41. The Bertz CT molecular complexity index is 439. The van der Waals surface area contributed by atoms with Crippen molar-refractivity contribution in [2.75, 3.05) is 13.3 Å². The van der Waals surface area contributed by atoms with Crippen LogP contribution in [0.2, 0.25) is 5.02 Å². The molecule has 1 aromatic carbocycles. The minimum absolute atomic E-state index is 0.254. The van der Waals surface area contributed by atoms with Crippen LogP contribution in [0.15, 0.2) is 23.8 Å². The summed E-state index contributed by atoms with van der Waals surface area (Å²) in [5.74, 6) is 1.39. The summed E-state index contributed by atoms with van der Waals surface area (Å²) in [5, 5.41) is 3.93. The summed E-state index contributed by atoms with van der Waals surface area (Å²) in [7, 11) is 0. The van der Waals surface area contributed by atoms with Gasteiger partial charge in [-0.25, -0.2) is 0 Å². The van der Waals surface area contributed by atoms with E-state index in [-0.39, 0.29) is 6.79 Å². The predicted molar refractivity (Wildman–Crippen MR) is 68.7 cm³/mol. The molecule has 1 aromatic rings. The van der Waals surface area contributed by atoms with Gasteiger partial charge in [-0.2, -0.15) is 0 Å². The van der Waals surface area contributed by atoms with E-state index in [1.807, 2.05) is 12.1 Å². The average Bonchev–Trinajstić information content (AvgIpc) is 2.72. The van der Waals surface area contributed by atoms with Gasteiger partial charge in [-0.05, 0) is 31.5 Å². The van der Waals surface area contributed by atoms with Crippen molar-refractivity contribution in [1.82, 2.24) is 5.32 Å². The highest BCUT2D eigenvalue weighted by atomic mass is 35.5. The monoisotopic (exact) mass is 253 g/mol. The van der Waals surface area contributed by atoms with E-state index < -0.39 is 0 Å². The molecule has 92 valence electrons. The lowest BCUT2D eigenvalue weighted by atomic mass is 10.2. The average molecular weight is 254 g/mol. The Hall–Kier alpha value is -1.19. The Labute approximate surface area is 106 Å². The summed E-state index contributed by atoms with van der Waals surface area (Å²) in [6, 6.07) is 3.87. The SMILES string of the molecule is CC(C)=CCNCc1cc(Cl)c2c(c1)OCO2. The van der Waals surface area contributed by atoms with Gasteiger partial charge in [-0.1, -0.05) is 23.3 Å². The van der Waals surface area contributed by atoms with Crippen molar-refractivity contribution in [3.8, 4) is 11.5 Å². The van der Waals surface area contributed by atoms with Crippen molar-refractivity contribution in [1.29, 1.82) is 0 Å². The molecule has 0 amide bonds. The first-order valence-electron chi connectivity index (χ1n) is 5.59. The smallest absolute Gasteiger partial charge is 0.231 e. The molecule has 0 radical (unpaired) electrons. The molecule has 0 unspecified atom stereocenters. The molecule has 0 spiro atoms. The minimum atomic E-state index is 0.254. The normalized spacial score (nSPS) is 12.6.